The lowest BCUT2D eigenvalue weighted by Crippen LogP contribution is -2.39. The summed E-state index contributed by atoms with van der Waals surface area (Å²) in [5.74, 6) is 0.979. The summed E-state index contributed by atoms with van der Waals surface area (Å²) in [5.41, 5.74) is 1.56. The highest BCUT2D eigenvalue weighted by Gasteiger charge is 2.29. The van der Waals surface area contributed by atoms with Crippen LogP contribution < -0.4 is 4.90 Å². The highest BCUT2D eigenvalue weighted by atomic mass is 16.1. The lowest BCUT2D eigenvalue weighted by molar-refractivity contribution is 0.112. The molecule has 18 heavy (non-hydrogen) atoms. The molecule has 0 spiro atoms. The fourth-order valence-electron chi connectivity index (χ4n) is 2.87. The van der Waals surface area contributed by atoms with E-state index in [9.17, 15) is 4.79 Å². The predicted molar refractivity (Wildman–Crippen MR) is 72.3 cm³/mol. The lowest BCUT2D eigenvalue weighted by atomic mass is 10.2. The molecule has 100 valence electrons. The van der Waals surface area contributed by atoms with Crippen molar-refractivity contribution < 1.29 is 4.79 Å². The van der Waals surface area contributed by atoms with Crippen molar-refractivity contribution in [1.82, 2.24) is 14.7 Å². The maximum Gasteiger partial charge on any atom is 0.155 e. The van der Waals surface area contributed by atoms with Gasteiger partial charge in [-0.05, 0) is 33.9 Å². The molecule has 0 amide bonds. The minimum atomic E-state index is 0.480. The topological polar surface area (TPSA) is 41.4 Å². The molecule has 1 aromatic heterocycles. The summed E-state index contributed by atoms with van der Waals surface area (Å²) in [6.07, 6.45) is 3.30. The minimum Gasteiger partial charge on any atom is -0.352 e. The fourth-order valence-corrected chi connectivity index (χ4v) is 2.87. The van der Waals surface area contributed by atoms with Crippen LogP contribution in [0.15, 0.2) is 0 Å². The van der Waals surface area contributed by atoms with Crippen LogP contribution >= 0.6 is 0 Å². The van der Waals surface area contributed by atoms with Crippen LogP contribution in [0.2, 0.25) is 0 Å². The van der Waals surface area contributed by atoms with E-state index >= 15 is 0 Å². The molecule has 1 saturated heterocycles. The normalized spacial score (nSPS) is 19.8. The minimum absolute atomic E-state index is 0.480. The number of rotatable bonds is 4. The van der Waals surface area contributed by atoms with Gasteiger partial charge >= 0.3 is 0 Å². The zero-order chi connectivity index (χ0) is 13.3. The van der Waals surface area contributed by atoms with Gasteiger partial charge in [-0.2, -0.15) is 5.10 Å². The number of nitrogens with zero attached hydrogens (tertiary/aromatic N) is 4. The van der Waals surface area contributed by atoms with Gasteiger partial charge in [0.2, 0.25) is 0 Å². The number of carbonyl (C=O) groups is 1. The molecular formula is C13H22N4O. The summed E-state index contributed by atoms with van der Waals surface area (Å²) in [7, 11) is 6.09. The number of aromatic nitrogens is 2. The van der Waals surface area contributed by atoms with Gasteiger partial charge in [-0.1, -0.05) is 0 Å². The molecule has 1 fully saturated rings. The fraction of sp³-hybridized carbons (Fsp3) is 0.692. The standard InChI is InChI=1S/C13H22N4O/c1-10-12(9-18)13(16(4)14-10)17-7-5-6-11(17)8-15(2)3/h9,11H,5-8H2,1-4H3. The van der Waals surface area contributed by atoms with E-state index in [0.717, 1.165) is 36.5 Å². The first-order valence-electron chi connectivity index (χ1n) is 6.44. The Hall–Kier alpha value is -1.36. The van der Waals surface area contributed by atoms with E-state index in [1.165, 1.54) is 12.8 Å². The maximum absolute atomic E-state index is 11.3. The molecule has 5 nitrogen and oxygen atoms in total. The number of likely N-dealkylation sites (N-methyl/N-ethyl adjacent to an activating group) is 1. The molecule has 2 heterocycles. The Morgan fingerprint density at radius 2 is 2.22 bits per heavy atom. The van der Waals surface area contributed by atoms with Crippen LogP contribution in [-0.4, -0.2) is 54.2 Å². The van der Waals surface area contributed by atoms with E-state index in [0.29, 0.717) is 6.04 Å². The summed E-state index contributed by atoms with van der Waals surface area (Å²) in [5, 5.41) is 4.37. The number of carbonyl (C=O) groups excluding carboxylic acids is 1. The summed E-state index contributed by atoms with van der Waals surface area (Å²) >= 11 is 0. The van der Waals surface area contributed by atoms with Gasteiger partial charge < -0.3 is 9.80 Å². The first kappa shape index (κ1) is 13.1. The molecular weight excluding hydrogens is 228 g/mol. The predicted octanol–water partition coefficient (Wildman–Crippen LogP) is 1.07. The zero-order valence-electron chi connectivity index (χ0n) is 11.7. The average Bonchev–Trinajstić information content (AvgIpc) is 2.81. The molecule has 0 bridgehead atoms. The molecule has 0 aliphatic carbocycles. The quantitative estimate of drug-likeness (QED) is 0.750. The van der Waals surface area contributed by atoms with Gasteiger partial charge in [0.05, 0.1) is 11.3 Å². The van der Waals surface area contributed by atoms with E-state index in [-0.39, 0.29) is 0 Å². The van der Waals surface area contributed by atoms with E-state index < -0.39 is 0 Å². The Morgan fingerprint density at radius 3 is 2.83 bits per heavy atom. The van der Waals surface area contributed by atoms with E-state index in [4.69, 9.17) is 0 Å². The van der Waals surface area contributed by atoms with Crippen molar-refractivity contribution in [2.75, 3.05) is 32.1 Å². The van der Waals surface area contributed by atoms with Crippen molar-refractivity contribution in [3.8, 4) is 0 Å². The third-order valence-corrected chi connectivity index (χ3v) is 3.58. The van der Waals surface area contributed by atoms with Crippen molar-refractivity contribution in [2.45, 2.75) is 25.8 Å². The SMILES string of the molecule is Cc1nn(C)c(N2CCCC2CN(C)C)c1C=O. The van der Waals surface area contributed by atoms with Crippen molar-refractivity contribution in [1.29, 1.82) is 0 Å². The van der Waals surface area contributed by atoms with Crippen LogP contribution in [0.4, 0.5) is 5.82 Å². The highest BCUT2D eigenvalue weighted by Crippen LogP contribution is 2.29. The molecule has 1 unspecified atom stereocenters. The number of hydrogen-bond acceptors (Lipinski definition) is 4. The van der Waals surface area contributed by atoms with Gasteiger partial charge in [0.15, 0.2) is 6.29 Å². The second-order valence-electron chi connectivity index (χ2n) is 5.32. The Balaban J connectivity index is 2.32. The summed E-state index contributed by atoms with van der Waals surface area (Å²) in [4.78, 5) is 15.8. The van der Waals surface area contributed by atoms with Crippen molar-refractivity contribution >= 4 is 12.1 Å². The molecule has 0 radical (unpaired) electrons. The summed E-state index contributed by atoms with van der Waals surface area (Å²) < 4.78 is 1.84. The van der Waals surface area contributed by atoms with Gasteiger partial charge in [-0.3, -0.25) is 9.48 Å². The average molecular weight is 250 g/mol. The van der Waals surface area contributed by atoms with Crippen molar-refractivity contribution in [3.05, 3.63) is 11.3 Å². The first-order chi connectivity index (χ1) is 8.54. The third-order valence-electron chi connectivity index (χ3n) is 3.58. The largest absolute Gasteiger partial charge is 0.352 e. The van der Waals surface area contributed by atoms with Gasteiger partial charge in [0.25, 0.3) is 0 Å². The number of anilines is 1. The molecule has 2 rings (SSSR count). The molecule has 0 N–H and O–H groups in total. The molecule has 1 atom stereocenters. The van der Waals surface area contributed by atoms with Crippen LogP contribution in [0, 0.1) is 6.92 Å². The second-order valence-corrected chi connectivity index (χ2v) is 5.32. The molecule has 1 aliphatic heterocycles. The van der Waals surface area contributed by atoms with Gasteiger partial charge in [0, 0.05) is 26.2 Å². The first-order valence-corrected chi connectivity index (χ1v) is 6.44. The van der Waals surface area contributed by atoms with Crippen LogP contribution in [0.3, 0.4) is 0 Å². The monoisotopic (exact) mass is 250 g/mol. The molecule has 1 aliphatic rings. The number of hydrogen-bond donors (Lipinski definition) is 0. The van der Waals surface area contributed by atoms with E-state index in [1.807, 2.05) is 18.7 Å². The summed E-state index contributed by atoms with van der Waals surface area (Å²) in [6, 6.07) is 0.480. The number of aldehydes is 1. The van der Waals surface area contributed by atoms with Crippen LogP contribution in [0.1, 0.15) is 28.9 Å². The second kappa shape index (κ2) is 5.10. The molecule has 5 heteroatoms. The van der Waals surface area contributed by atoms with Crippen LogP contribution in [0.5, 0.6) is 0 Å². The summed E-state index contributed by atoms with van der Waals surface area (Å²) in [6.45, 7) is 3.92. The molecule has 0 saturated carbocycles. The smallest absolute Gasteiger partial charge is 0.155 e. The Kier molecular flexibility index (Phi) is 3.71. The molecule has 0 aromatic carbocycles. The van der Waals surface area contributed by atoms with Crippen LogP contribution in [-0.2, 0) is 7.05 Å². The van der Waals surface area contributed by atoms with Gasteiger partial charge in [-0.15, -0.1) is 0 Å². The third kappa shape index (κ3) is 2.27. The van der Waals surface area contributed by atoms with E-state index in [1.54, 1.807) is 0 Å². The lowest BCUT2D eigenvalue weighted by Gasteiger charge is -2.29. The Morgan fingerprint density at radius 1 is 1.50 bits per heavy atom. The maximum atomic E-state index is 11.3. The van der Waals surface area contributed by atoms with Crippen molar-refractivity contribution in [3.63, 3.8) is 0 Å². The van der Waals surface area contributed by atoms with Crippen molar-refractivity contribution in [2.24, 2.45) is 7.05 Å². The van der Waals surface area contributed by atoms with E-state index in [2.05, 4.69) is 29.0 Å². The van der Waals surface area contributed by atoms with Crippen LogP contribution in [0.25, 0.3) is 0 Å². The highest BCUT2D eigenvalue weighted by molar-refractivity contribution is 5.85. The Labute approximate surface area is 108 Å². The number of aryl methyl sites for hydroxylation is 2. The van der Waals surface area contributed by atoms with Gasteiger partial charge in [0.1, 0.15) is 5.82 Å². The molecule has 1 aromatic rings. The van der Waals surface area contributed by atoms with Gasteiger partial charge in [-0.25, -0.2) is 0 Å². The Bertz CT molecular complexity index is 438. The zero-order valence-corrected chi connectivity index (χ0v) is 11.7.